The van der Waals surface area contributed by atoms with Crippen LogP contribution in [-0.2, 0) is 14.6 Å². The highest BCUT2D eigenvalue weighted by Crippen LogP contribution is 2.21. The molecule has 1 aliphatic heterocycles. The van der Waals surface area contributed by atoms with Gasteiger partial charge >= 0.3 is 0 Å². The Labute approximate surface area is 127 Å². The zero-order chi connectivity index (χ0) is 16.3. The van der Waals surface area contributed by atoms with Crippen molar-refractivity contribution in [3.05, 3.63) is 29.1 Å². The fourth-order valence-corrected chi connectivity index (χ4v) is 3.10. The van der Waals surface area contributed by atoms with Crippen LogP contribution in [0.3, 0.4) is 0 Å². The predicted molar refractivity (Wildman–Crippen MR) is 75.5 cm³/mol. The number of nitrogens with zero attached hydrogens (tertiary/aromatic N) is 1. The number of hydrogen-bond donors (Lipinski definition) is 1. The van der Waals surface area contributed by atoms with Crippen molar-refractivity contribution < 1.29 is 22.3 Å². The molecule has 1 N–H and O–H groups in total. The van der Waals surface area contributed by atoms with Crippen LogP contribution in [0.2, 0.25) is 0 Å². The number of rotatable bonds is 3. The van der Waals surface area contributed by atoms with E-state index in [1.807, 2.05) is 0 Å². The van der Waals surface area contributed by atoms with Gasteiger partial charge in [-0.25, -0.2) is 12.8 Å². The minimum Gasteiger partial charge on any atom is -0.381 e. The second-order valence-corrected chi connectivity index (χ2v) is 7.06. The summed E-state index contributed by atoms with van der Waals surface area (Å²) in [5.74, 6) is -1.60. The molecule has 0 aliphatic carbocycles. The summed E-state index contributed by atoms with van der Waals surface area (Å²) >= 11 is 0. The van der Waals surface area contributed by atoms with Crippen LogP contribution in [0.4, 0.5) is 4.39 Å². The number of halogens is 1. The molecule has 1 saturated heterocycles. The second-order valence-electron chi connectivity index (χ2n) is 5.07. The molecule has 6 nitrogen and oxygen atoms in total. The molecule has 0 bridgehead atoms. The van der Waals surface area contributed by atoms with Crippen molar-refractivity contribution in [2.45, 2.75) is 23.8 Å². The summed E-state index contributed by atoms with van der Waals surface area (Å²) < 4.78 is 42.3. The normalized spacial score (nSPS) is 16.0. The zero-order valence-corrected chi connectivity index (χ0v) is 12.7. The number of carbonyl (C=O) groups excluding carboxylic acids is 1. The van der Waals surface area contributed by atoms with E-state index in [9.17, 15) is 17.6 Å². The summed E-state index contributed by atoms with van der Waals surface area (Å²) in [5, 5.41) is 11.6. The van der Waals surface area contributed by atoms with E-state index in [1.165, 1.54) is 0 Å². The molecule has 1 aliphatic rings. The summed E-state index contributed by atoms with van der Waals surface area (Å²) in [5.41, 5.74) is -0.587. The quantitative estimate of drug-likeness (QED) is 0.894. The third kappa shape index (κ3) is 3.61. The van der Waals surface area contributed by atoms with Gasteiger partial charge in [-0.05, 0) is 25.0 Å². The van der Waals surface area contributed by atoms with Crippen LogP contribution in [0.25, 0.3) is 0 Å². The Hall–Kier alpha value is -1.98. The van der Waals surface area contributed by atoms with Crippen molar-refractivity contribution in [3.63, 3.8) is 0 Å². The van der Waals surface area contributed by atoms with Gasteiger partial charge in [-0.3, -0.25) is 4.79 Å². The van der Waals surface area contributed by atoms with E-state index >= 15 is 0 Å². The van der Waals surface area contributed by atoms with Crippen molar-refractivity contribution in [1.82, 2.24) is 5.32 Å². The van der Waals surface area contributed by atoms with E-state index < -0.39 is 26.5 Å². The number of amides is 1. The van der Waals surface area contributed by atoms with Gasteiger partial charge in [0, 0.05) is 25.5 Å². The van der Waals surface area contributed by atoms with E-state index in [4.69, 9.17) is 10.00 Å². The Morgan fingerprint density at radius 1 is 1.41 bits per heavy atom. The number of ether oxygens (including phenoxy) is 1. The molecule has 0 saturated carbocycles. The van der Waals surface area contributed by atoms with Gasteiger partial charge in [0.15, 0.2) is 9.84 Å². The Morgan fingerprint density at radius 2 is 2.05 bits per heavy atom. The highest BCUT2D eigenvalue weighted by molar-refractivity contribution is 7.90. The molecule has 0 aromatic heterocycles. The summed E-state index contributed by atoms with van der Waals surface area (Å²) in [6, 6.07) is 3.16. The van der Waals surface area contributed by atoms with Gasteiger partial charge in [-0.15, -0.1) is 0 Å². The maximum atomic E-state index is 13.6. The van der Waals surface area contributed by atoms with Crippen LogP contribution >= 0.6 is 0 Å². The minimum atomic E-state index is -3.80. The van der Waals surface area contributed by atoms with Gasteiger partial charge in [0.1, 0.15) is 11.9 Å². The molecule has 22 heavy (non-hydrogen) atoms. The molecule has 0 atom stereocenters. The van der Waals surface area contributed by atoms with Crippen molar-refractivity contribution in [1.29, 1.82) is 5.26 Å². The fourth-order valence-electron chi connectivity index (χ4n) is 2.23. The molecule has 1 aromatic carbocycles. The van der Waals surface area contributed by atoms with E-state index in [-0.39, 0.29) is 17.2 Å². The molecular weight excluding hydrogens is 311 g/mol. The summed E-state index contributed by atoms with van der Waals surface area (Å²) in [4.78, 5) is 11.9. The first kappa shape index (κ1) is 16.4. The Balaban J connectivity index is 2.39. The topological polar surface area (TPSA) is 96.3 Å². The Morgan fingerprint density at radius 3 is 2.59 bits per heavy atom. The highest BCUT2D eigenvalue weighted by atomic mass is 32.2. The molecule has 2 rings (SSSR count). The highest BCUT2D eigenvalue weighted by Gasteiger charge is 2.24. The predicted octanol–water partition coefficient (Wildman–Crippen LogP) is 1.01. The van der Waals surface area contributed by atoms with Crippen LogP contribution < -0.4 is 5.32 Å². The molecule has 8 heteroatoms. The molecule has 0 radical (unpaired) electrons. The summed E-state index contributed by atoms with van der Waals surface area (Å²) in [7, 11) is -3.80. The molecule has 0 spiro atoms. The minimum absolute atomic E-state index is 0.135. The lowest BCUT2D eigenvalue weighted by Gasteiger charge is -2.23. The van der Waals surface area contributed by atoms with E-state index in [1.54, 1.807) is 6.07 Å². The first-order valence-corrected chi connectivity index (χ1v) is 8.54. The number of benzene rings is 1. The number of nitriles is 1. The first-order chi connectivity index (χ1) is 10.3. The summed E-state index contributed by atoms with van der Waals surface area (Å²) in [6.07, 6.45) is 2.12. The van der Waals surface area contributed by atoms with Crippen molar-refractivity contribution >= 4 is 15.7 Å². The smallest absolute Gasteiger partial charge is 0.252 e. The van der Waals surface area contributed by atoms with Gasteiger partial charge in [0.2, 0.25) is 0 Å². The molecule has 1 aromatic rings. The van der Waals surface area contributed by atoms with Crippen molar-refractivity contribution in [2.24, 2.45) is 0 Å². The SMILES string of the molecule is CS(=O)(=O)c1cc(F)c(C#N)cc1C(=O)NC1CCOCC1. The fraction of sp³-hybridized carbons (Fsp3) is 0.429. The van der Waals surface area contributed by atoms with Gasteiger partial charge in [0.25, 0.3) is 5.91 Å². The Kier molecular flexibility index (Phi) is 4.78. The molecule has 0 unspecified atom stereocenters. The monoisotopic (exact) mass is 326 g/mol. The Bertz CT molecular complexity index is 734. The lowest BCUT2D eigenvalue weighted by Crippen LogP contribution is -2.39. The first-order valence-electron chi connectivity index (χ1n) is 6.65. The second kappa shape index (κ2) is 6.42. The average Bonchev–Trinajstić information content (AvgIpc) is 2.47. The van der Waals surface area contributed by atoms with E-state index in [0.717, 1.165) is 12.3 Å². The van der Waals surface area contributed by atoms with Crippen LogP contribution in [0.15, 0.2) is 17.0 Å². The molecule has 118 valence electrons. The maximum absolute atomic E-state index is 13.6. The van der Waals surface area contributed by atoms with E-state index in [2.05, 4.69) is 5.32 Å². The molecule has 1 heterocycles. The van der Waals surface area contributed by atoms with Gasteiger partial charge in [0.05, 0.1) is 16.0 Å². The van der Waals surface area contributed by atoms with Crippen LogP contribution in [0, 0.1) is 17.1 Å². The molecular formula is C14H15FN2O4S. The van der Waals surface area contributed by atoms with E-state index in [0.29, 0.717) is 32.1 Å². The van der Waals surface area contributed by atoms with Crippen molar-refractivity contribution in [2.75, 3.05) is 19.5 Å². The van der Waals surface area contributed by atoms with Gasteiger partial charge < -0.3 is 10.1 Å². The number of hydrogen-bond acceptors (Lipinski definition) is 5. The third-order valence-electron chi connectivity index (χ3n) is 3.39. The van der Waals surface area contributed by atoms with Crippen LogP contribution in [0.5, 0.6) is 0 Å². The molecule has 1 fully saturated rings. The lowest BCUT2D eigenvalue weighted by atomic mass is 10.1. The van der Waals surface area contributed by atoms with Gasteiger partial charge in [-0.2, -0.15) is 5.26 Å². The van der Waals surface area contributed by atoms with Crippen LogP contribution in [0.1, 0.15) is 28.8 Å². The maximum Gasteiger partial charge on any atom is 0.252 e. The lowest BCUT2D eigenvalue weighted by molar-refractivity contribution is 0.0695. The number of carbonyl (C=O) groups is 1. The van der Waals surface area contributed by atoms with Crippen LogP contribution in [-0.4, -0.2) is 39.8 Å². The average molecular weight is 326 g/mol. The largest absolute Gasteiger partial charge is 0.381 e. The molecule has 1 amide bonds. The van der Waals surface area contributed by atoms with Crippen molar-refractivity contribution in [3.8, 4) is 6.07 Å². The standard InChI is InChI=1S/C14H15FN2O4S/c1-22(19,20)13-7-12(15)9(8-16)6-11(13)14(18)17-10-2-4-21-5-3-10/h6-7,10H,2-5H2,1H3,(H,17,18). The third-order valence-corrected chi connectivity index (χ3v) is 4.53. The summed E-state index contributed by atoms with van der Waals surface area (Å²) in [6.45, 7) is 1.02. The number of nitrogens with one attached hydrogen (secondary N) is 1. The zero-order valence-electron chi connectivity index (χ0n) is 11.9. The number of sulfone groups is 1. The van der Waals surface area contributed by atoms with Gasteiger partial charge in [-0.1, -0.05) is 0 Å².